The number of aromatic amines is 1. The van der Waals surface area contributed by atoms with E-state index in [9.17, 15) is 4.79 Å². The maximum Gasteiger partial charge on any atom is 0.264 e. The zero-order valence-corrected chi connectivity index (χ0v) is 14.1. The summed E-state index contributed by atoms with van der Waals surface area (Å²) in [6.07, 6.45) is 0. The highest BCUT2D eigenvalue weighted by molar-refractivity contribution is 14.1. The molecule has 0 saturated carbocycles. The Kier molecular flexibility index (Phi) is 4.85. The monoisotopic (exact) mass is 436 g/mol. The van der Waals surface area contributed by atoms with Crippen LogP contribution in [-0.2, 0) is 5.75 Å². The summed E-state index contributed by atoms with van der Waals surface area (Å²) in [5, 5.41) is 0. The van der Waals surface area contributed by atoms with Gasteiger partial charge in [0.25, 0.3) is 5.56 Å². The molecule has 2 rings (SSSR count). The second-order valence-corrected chi connectivity index (χ2v) is 6.70. The van der Waals surface area contributed by atoms with E-state index in [1.807, 2.05) is 53.8 Å². The average molecular weight is 437 g/mol. The second kappa shape index (κ2) is 6.21. The summed E-state index contributed by atoms with van der Waals surface area (Å²) in [6, 6.07) is 8.06. The molecular formula is C12H10BrIN2OS. The van der Waals surface area contributed by atoms with Gasteiger partial charge < -0.3 is 4.98 Å². The van der Waals surface area contributed by atoms with Crippen molar-refractivity contribution in [2.75, 3.05) is 0 Å². The van der Waals surface area contributed by atoms with E-state index in [4.69, 9.17) is 0 Å². The van der Waals surface area contributed by atoms with Gasteiger partial charge in [-0.1, -0.05) is 15.9 Å². The molecule has 0 aliphatic rings. The van der Waals surface area contributed by atoms with E-state index in [2.05, 4.69) is 25.9 Å². The van der Waals surface area contributed by atoms with Gasteiger partial charge >= 0.3 is 0 Å². The number of hydrogen-bond acceptors (Lipinski definition) is 3. The third kappa shape index (κ3) is 3.58. The standard InChI is InChI=1S/C12H10BrIN2OS/c1-7-11(14)12(17)16-10(15-7)6-18-9-4-2-8(13)3-5-9/h2-5H,6H2,1H3,(H,15,16,17). The number of hydrogen-bond donors (Lipinski definition) is 1. The maximum atomic E-state index is 11.6. The first-order valence-electron chi connectivity index (χ1n) is 5.20. The van der Waals surface area contributed by atoms with Crippen LogP contribution in [0.4, 0.5) is 0 Å². The van der Waals surface area contributed by atoms with Gasteiger partial charge in [0.15, 0.2) is 0 Å². The molecule has 0 unspecified atom stereocenters. The summed E-state index contributed by atoms with van der Waals surface area (Å²) in [7, 11) is 0. The SMILES string of the molecule is Cc1nc(CSc2ccc(Br)cc2)[nH]c(=O)c1I. The maximum absolute atomic E-state index is 11.6. The molecule has 0 aliphatic heterocycles. The van der Waals surface area contributed by atoms with Gasteiger partial charge in [0.2, 0.25) is 0 Å². The Morgan fingerprint density at radius 2 is 2.06 bits per heavy atom. The lowest BCUT2D eigenvalue weighted by Crippen LogP contribution is -2.16. The van der Waals surface area contributed by atoms with Gasteiger partial charge in [-0.15, -0.1) is 11.8 Å². The molecule has 3 nitrogen and oxygen atoms in total. The fourth-order valence-corrected chi connectivity index (χ4v) is 2.67. The summed E-state index contributed by atoms with van der Waals surface area (Å²) in [4.78, 5) is 19.9. The minimum absolute atomic E-state index is 0.0606. The highest BCUT2D eigenvalue weighted by Crippen LogP contribution is 2.23. The summed E-state index contributed by atoms with van der Waals surface area (Å²) >= 11 is 7.06. The topological polar surface area (TPSA) is 45.8 Å². The van der Waals surface area contributed by atoms with Gasteiger partial charge in [0, 0.05) is 9.37 Å². The molecule has 0 atom stereocenters. The van der Waals surface area contributed by atoms with Crippen molar-refractivity contribution in [2.24, 2.45) is 0 Å². The smallest absolute Gasteiger partial charge is 0.264 e. The summed E-state index contributed by atoms with van der Waals surface area (Å²) in [5.74, 6) is 1.38. The molecule has 0 amide bonds. The Labute approximate surface area is 131 Å². The number of rotatable bonds is 3. The van der Waals surface area contributed by atoms with Crippen molar-refractivity contribution in [1.29, 1.82) is 0 Å². The highest BCUT2D eigenvalue weighted by atomic mass is 127. The van der Waals surface area contributed by atoms with Crippen molar-refractivity contribution in [2.45, 2.75) is 17.6 Å². The number of aromatic nitrogens is 2. The van der Waals surface area contributed by atoms with Gasteiger partial charge in [-0.3, -0.25) is 4.79 Å². The minimum Gasteiger partial charge on any atom is -0.309 e. The third-order valence-electron chi connectivity index (χ3n) is 2.27. The lowest BCUT2D eigenvalue weighted by Gasteiger charge is -2.04. The minimum atomic E-state index is -0.0606. The van der Waals surface area contributed by atoms with E-state index >= 15 is 0 Å². The van der Waals surface area contributed by atoms with E-state index < -0.39 is 0 Å². The molecule has 6 heteroatoms. The van der Waals surface area contributed by atoms with Gasteiger partial charge in [0.05, 0.1) is 15.0 Å². The van der Waals surface area contributed by atoms with Crippen molar-refractivity contribution in [3.8, 4) is 0 Å². The molecule has 1 N–H and O–H groups in total. The first kappa shape index (κ1) is 14.1. The lowest BCUT2D eigenvalue weighted by atomic mass is 10.4. The predicted molar refractivity (Wildman–Crippen MR) is 86.0 cm³/mol. The van der Waals surface area contributed by atoms with E-state index in [0.717, 1.165) is 15.1 Å². The van der Waals surface area contributed by atoms with Crippen LogP contribution in [0.15, 0.2) is 38.4 Å². The molecule has 1 heterocycles. The molecule has 0 aliphatic carbocycles. The van der Waals surface area contributed by atoms with Crippen LogP contribution in [0.1, 0.15) is 11.5 Å². The molecule has 0 spiro atoms. The number of halogens is 2. The van der Waals surface area contributed by atoms with Crippen molar-refractivity contribution >= 4 is 50.3 Å². The highest BCUT2D eigenvalue weighted by Gasteiger charge is 2.05. The quantitative estimate of drug-likeness (QED) is 0.588. The zero-order valence-electron chi connectivity index (χ0n) is 9.54. The fourth-order valence-electron chi connectivity index (χ4n) is 1.38. The van der Waals surface area contributed by atoms with Crippen molar-refractivity contribution in [3.05, 3.63) is 54.2 Å². The molecule has 2 aromatic rings. The van der Waals surface area contributed by atoms with Crippen LogP contribution >= 0.6 is 50.3 Å². The Morgan fingerprint density at radius 3 is 2.67 bits per heavy atom. The van der Waals surface area contributed by atoms with Crippen LogP contribution < -0.4 is 5.56 Å². The summed E-state index contributed by atoms with van der Waals surface area (Å²) in [5.41, 5.74) is 0.722. The Bertz CT molecular complexity index is 612. The fraction of sp³-hybridized carbons (Fsp3) is 0.167. The number of nitrogens with zero attached hydrogens (tertiary/aromatic N) is 1. The second-order valence-electron chi connectivity index (χ2n) is 3.65. The molecule has 94 valence electrons. The van der Waals surface area contributed by atoms with Crippen molar-refractivity contribution in [1.82, 2.24) is 9.97 Å². The Morgan fingerprint density at radius 1 is 1.39 bits per heavy atom. The largest absolute Gasteiger partial charge is 0.309 e. The van der Waals surface area contributed by atoms with E-state index in [1.165, 1.54) is 0 Å². The van der Waals surface area contributed by atoms with Gasteiger partial charge in [-0.25, -0.2) is 4.98 Å². The van der Waals surface area contributed by atoms with Crippen LogP contribution in [0.5, 0.6) is 0 Å². The van der Waals surface area contributed by atoms with Gasteiger partial charge in [-0.05, 0) is 53.8 Å². The number of H-pyrrole nitrogens is 1. The van der Waals surface area contributed by atoms with Crippen LogP contribution in [0.2, 0.25) is 0 Å². The molecule has 1 aromatic heterocycles. The molecule has 0 bridgehead atoms. The summed E-state index contributed by atoms with van der Waals surface area (Å²) < 4.78 is 1.72. The average Bonchev–Trinajstić information content (AvgIpc) is 2.35. The summed E-state index contributed by atoms with van der Waals surface area (Å²) in [6.45, 7) is 1.85. The van der Waals surface area contributed by atoms with Crippen molar-refractivity contribution < 1.29 is 0 Å². The lowest BCUT2D eigenvalue weighted by molar-refractivity contribution is 0.953. The molecule has 0 radical (unpaired) electrons. The van der Waals surface area contributed by atoms with E-state index in [0.29, 0.717) is 15.1 Å². The zero-order chi connectivity index (χ0) is 13.1. The van der Waals surface area contributed by atoms with Crippen molar-refractivity contribution in [3.63, 3.8) is 0 Å². The number of thioether (sulfide) groups is 1. The Balaban J connectivity index is 2.11. The van der Waals surface area contributed by atoms with Gasteiger partial charge in [-0.2, -0.15) is 0 Å². The molecule has 18 heavy (non-hydrogen) atoms. The first-order chi connectivity index (χ1) is 8.56. The van der Waals surface area contributed by atoms with Gasteiger partial charge in [0.1, 0.15) is 5.82 Å². The van der Waals surface area contributed by atoms with E-state index in [-0.39, 0.29) is 5.56 Å². The predicted octanol–water partition coefficient (Wildman–Crippen LogP) is 3.74. The van der Waals surface area contributed by atoms with Crippen LogP contribution in [-0.4, -0.2) is 9.97 Å². The molecule has 1 aromatic carbocycles. The van der Waals surface area contributed by atoms with Crippen LogP contribution in [0.3, 0.4) is 0 Å². The van der Waals surface area contributed by atoms with Crippen LogP contribution in [0, 0.1) is 10.5 Å². The molecule has 0 saturated heterocycles. The normalized spacial score (nSPS) is 10.6. The van der Waals surface area contributed by atoms with E-state index in [1.54, 1.807) is 11.8 Å². The number of nitrogens with one attached hydrogen (secondary N) is 1. The third-order valence-corrected chi connectivity index (χ3v) is 5.09. The molecular weight excluding hydrogens is 427 g/mol. The number of aryl methyl sites for hydroxylation is 1. The first-order valence-corrected chi connectivity index (χ1v) is 8.05. The van der Waals surface area contributed by atoms with Crippen LogP contribution in [0.25, 0.3) is 0 Å². The number of benzene rings is 1. The molecule has 0 fully saturated rings. The Hall–Kier alpha value is -0.340.